The fourth-order valence-electron chi connectivity index (χ4n) is 5.52. The van der Waals surface area contributed by atoms with Gasteiger partial charge in [-0.2, -0.15) is 0 Å². The lowest BCUT2D eigenvalue weighted by Gasteiger charge is -2.40. The highest BCUT2D eigenvalue weighted by Crippen LogP contribution is 2.46. The van der Waals surface area contributed by atoms with Crippen molar-refractivity contribution in [3.8, 4) is 17.1 Å². The molecule has 2 aromatic carbocycles. The van der Waals surface area contributed by atoms with E-state index in [-0.39, 0.29) is 0 Å². The van der Waals surface area contributed by atoms with Crippen molar-refractivity contribution in [2.45, 2.75) is 44.6 Å². The topological polar surface area (TPSA) is 47.1 Å². The van der Waals surface area contributed by atoms with Crippen molar-refractivity contribution >= 4 is 0 Å². The molecule has 0 amide bonds. The summed E-state index contributed by atoms with van der Waals surface area (Å²) >= 11 is 0. The van der Waals surface area contributed by atoms with Crippen molar-refractivity contribution in [2.75, 3.05) is 13.1 Å². The largest absolute Gasteiger partial charge is 0.441 e. The van der Waals surface area contributed by atoms with Crippen LogP contribution in [0.25, 0.3) is 17.1 Å². The lowest BCUT2D eigenvalue weighted by molar-refractivity contribution is 0.150. The first-order valence-corrected chi connectivity index (χ1v) is 11.6. The normalized spacial score (nSPS) is 17.7. The van der Waals surface area contributed by atoms with Crippen LogP contribution in [0.15, 0.2) is 71.7 Å². The minimum Gasteiger partial charge on any atom is -0.441 e. The molecule has 1 saturated heterocycles. The van der Waals surface area contributed by atoms with Gasteiger partial charge in [-0.05, 0) is 86.5 Å². The molecule has 0 unspecified atom stereocenters. The van der Waals surface area contributed by atoms with Gasteiger partial charge in [-0.25, -0.2) is 9.97 Å². The molecule has 0 saturated carbocycles. The molecule has 0 atom stereocenters. The summed E-state index contributed by atoms with van der Waals surface area (Å²) in [5.41, 5.74) is 6.71. The Morgan fingerprint density at radius 3 is 2.59 bits per heavy atom. The van der Waals surface area contributed by atoms with Crippen LogP contribution in [-0.2, 0) is 18.4 Å². The van der Waals surface area contributed by atoms with Gasteiger partial charge in [0.1, 0.15) is 5.76 Å². The number of oxazole rings is 1. The van der Waals surface area contributed by atoms with Crippen molar-refractivity contribution < 1.29 is 4.42 Å². The van der Waals surface area contributed by atoms with Gasteiger partial charge in [-0.1, -0.05) is 24.3 Å². The molecular formula is C27H28N4O. The standard InChI is InChI=1S/C27H28N4O/c1-20-25(29-26(32-20)22-6-8-23(9-7-22)31-17-14-28-19-31)18-30-15-12-27(13-16-30)11-10-21-4-2-3-5-24(21)27/h2-9,14,17,19H,10-13,15-16,18H2,1H3. The summed E-state index contributed by atoms with van der Waals surface area (Å²) < 4.78 is 8.04. The number of fused-ring (bicyclic) bond motifs is 2. The van der Waals surface area contributed by atoms with Crippen LogP contribution >= 0.6 is 0 Å². The summed E-state index contributed by atoms with van der Waals surface area (Å²) in [6.45, 7) is 5.13. The molecule has 0 radical (unpaired) electrons. The number of piperidine rings is 1. The molecule has 1 spiro atoms. The van der Waals surface area contributed by atoms with Crippen molar-refractivity contribution in [1.29, 1.82) is 0 Å². The van der Waals surface area contributed by atoms with Gasteiger partial charge in [0.25, 0.3) is 0 Å². The number of hydrogen-bond acceptors (Lipinski definition) is 4. The fraction of sp³-hybridized carbons (Fsp3) is 0.333. The van der Waals surface area contributed by atoms with Gasteiger partial charge in [0.05, 0.1) is 12.0 Å². The number of imidazole rings is 1. The van der Waals surface area contributed by atoms with E-state index in [9.17, 15) is 0 Å². The number of aromatic nitrogens is 3. The second kappa shape index (κ2) is 7.75. The smallest absolute Gasteiger partial charge is 0.226 e. The van der Waals surface area contributed by atoms with Gasteiger partial charge in [0.15, 0.2) is 0 Å². The van der Waals surface area contributed by atoms with Crippen molar-refractivity contribution in [3.05, 3.63) is 89.8 Å². The number of benzene rings is 2. The first kappa shape index (κ1) is 19.5. The Morgan fingerprint density at radius 1 is 1.00 bits per heavy atom. The number of nitrogens with zero attached hydrogens (tertiary/aromatic N) is 4. The lowest BCUT2D eigenvalue weighted by atomic mass is 9.74. The number of hydrogen-bond donors (Lipinski definition) is 0. The Hall–Kier alpha value is -3.18. The molecule has 0 N–H and O–H groups in total. The third-order valence-electron chi connectivity index (χ3n) is 7.46. The maximum Gasteiger partial charge on any atom is 0.226 e. The fourth-order valence-corrected chi connectivity index (χ4v) is 5.52. The van der Waals surface area contributed by atoms with Crippen LogP contribution in [0.2, 0.25) is 0 Å². The Balaban J connectivity index is 1.14. The molecule has 2 aromatic heterocycles. The lowest BCUT2D eigenvalue weighted by Crippen LogP contribution is -2.41. The molecule has 1 aliphatic carbocycles. The predicted octanol–water partition coefficient (Wildman–Crippen LogP) is 5.32. The number of likely N-dealkylation sites (tertiary alicyclic amines) is 1. The highest BCUT2D eigenvalue weighted by atomic mass is 16.4. The van der Waals surface area contributed by atoms with Crippen LogP contribution in [0.4, 0.5) is 0 Å². The van der Waals surface area contributed by atoms with Gasteiger partial charge in [0, 0.05) is 30.2 Å². The summed E-state index contributed by atoms with van der Waals surface area (Å²) in [5, 5.41) is 0. The van der Waals surface area contributed by atoms with E-state index in [2.05, 4.69) is 58.4 Å². The quantitative estimate of drug-likeness (QED) is 0.445. The maximum atomic E-state index is 6.06. The minimum absolute atomic E-state index is 0.397. The first-order valence-electron chi connectivity index (χ1n) is 11.6. The maximum absolute atomic E-state index is 6.06. The van der Waals surface area contributed by atoms with E-state index in [1.54, 1.807) is 23.7 Å². The monoisotopic (exact) mass is 424 g/mol. The third kappa shape index (κ3) is 3.37. The average molecular weight is 425 g/mol. The molecular weight excluding hydrogens is 396 g/mol. The summed E-state index contributed by atoms with van der Waals surface area (Å²) in [6, 6.07) is 17.3. The minimum atomic E-state index is 0.397. The van der Waals surface area contributed by atoms with E-state index in [0.717, 1.165) is 42.3 Å². The van der Waals surface area contributed by atoms with E-state index in [1.165, 1.54) is 25.7 Å². The zero-order valence-electron chi connectivity index (χ0n) is 18.5. The molecule has 5 heteroatoms. The van der Waals surface area contributed by atoms with E-state index in [1.807, 2.05) is 17.7 Å². The van der Waals surface area contributed by atoms with Gasteiger partial charge >= 0.3 is 0 Å². The second-order valence-electron chi connectivity index (χ2n) is 9.25. The van der Waals surface area contributed by atoms with E-state index >= 15 is 0 Å². The highest BCUT2D eigenvalue weighted by Gasteiger charge is 2.40. The van der Waals surface area contributed by atoms with Crippen LogP contribution in [0, 0.1) is 6.92 Å². The molecule has 32 heavy (non-hydrogen) atoms. The average Bonchev–Trinajstić information content (AvgIpc) is 3.57. The third-order valence-corrected chi connectivity index (χ3v) is 7.46. The van der Waals surface area contributed by atoms with Crippen LogP contribution in [0.1, 0.15) is 41.8 Å². The Morgan fingerprint density at radius 2 is 1.81 bits per heavy atom. The highest BCUT2D eigenvalue weighted by molar-refractivity contribution is 5.56. The Labute approximate surface area is 188 Å². The SMILES string of the molecule is Cc1oc(-c2ccc(-n3ccnc3)cc2)nc1CN1CCC2(CCc3ccccc32)CC1. The van der Waals surface area contributed by atoms with Crippen LogP contribution in [-0.4, -0.2) is 32.5 Å². The number of rotatable bonds is 4. The van der Waals surface area contributed by atoms with E-state index in [0.29, 0.717) is 11.3 Å². The van der Waals surface area contributed by atoms with Gasteiger partial charge in [0.2, 0.25) is 5.89 Å². The van der Waals surface area contributed by atoms with E-state index < -0.39 is 0 Å². The predicted molar refractivity (Wildman–Crippen MR) is 125 cm³/mol. The van der Waals surface area contributed by atoms with E-state index in [4.69, 9.17) is 9.40 Å². The molecule has 6 rings (SSSR count). The van der Waals surface area contributed by atoms with Crippen LogP contribution < -0.4 is 0 Å². The van der Waals surface area contributed by atoms with Crippen LogP contribution in [0.3, 0.4) is 0 Å². The molecule has 2 aliphatic rings. The summed E-state index contributed by atoms with van der Waals surface area (Å²) in [6.07, 6.45) is 10.5. The molecule has 3 heterocycles. The molecule has 162 valence electrons. The molecule has 1 aliphatic heterocycles. The molecule has 4 aromatic rings. The second-order valence-corrected chi connectivity index (χ2v) is 9.25. The van der Waals surface area contributed by atoms with Crippen molar-refractivity contribution in [1.82, 2.24) is 19.4 Å². The number of aryl methyl sites for hydroxylation is 2. The summed E-state index contributed by atoms with van der Waals surface area (Å²) in [4.78, 5) is 11.5. The Kier molecular flexibility index (Phi) is 4.72. The summed E-state index contributed by atoms with van der Waals surface area (Å²) in [7, 11) is 0. The first-order chi connectivity index (χ1) is 15.7. The zero-order chi connectivity index (χ0) is 21.5. The molecule has 5 nitrogen and oxygen atoms in total. The Bertz CT molecular complexity index is 1220. The van der Waals surface area contributed by atoms with Crippen molar-refractivity contribution in [3.63, 3.8) is 0 Å². The summed E-state index contributed by atoms with van der Waals surface area (Å²) in [5.74, 6) is 1.62. The molecule has 1 fully saturated rings. The van der Waals surface area contributed by atoms with Gasteiger partial charge in [-0.3, -0.25) is 4.90 Å². The van der Waals surface area contributed by atoms with Crippen molar-refractivity contribution in [2.24, 2.45) is 0 Å². The zero-order valence-corrected chi connectivity index (χ0v) is 18.5. The molecule has 0 bridgehead atoms. The van der Waals surface area contributed by atoms with Gasteiger partial charge < -0.3 is 8.98 Å². The van der Waals surface area contributed by atoms with Crippen LogP contribution in [0.5, 0.6) is 0 Å². The van der Waals surface area contributed by atoms with Gasteiger partial charge in [-0.15, -0.1) is 0 Å².